The number of furan rings is 1. The summed E-state index contributed by atoms with van der Waals surface area (Å²) in [6, 6.07) is 4.24. The fourth-order valence-electron chi connectivity index (χ4n) is 2.41. The van der Waals surface area contributed by atoms with Gasteiger partial charge in [0.15, 0.2) is 5.76 Å². The average molecular weight is 362 g/mol. The Morgan fingerprint density at radius 3 is 2.81 bits per heavy atom. The topological polar surface area (TPSA) is 136 Å². The summed E-state index contributed by atoms with van der Waals surface area (Å²) in [5.41, 5.74) is 0. The molecule has 0 aromatic carbocycles. The molecule has 1 aliphatic rings. The van der Waals surface area contributed by atoms with Crippen molar-refractivity contribution in [2.75, 3.05) is 49.6 Å². The molecule has 0 bridgehead atoms. The standard InChI is InChI=1S/C15H18N6O5/c22-15(11-1-2-14(26-11)21(23)24)17-4-3-16-12-9-13(19-10-18-12)20-5-7-25-8-6-20/h1-2,9-10H,3-8H2,(H,17,22)(H,16,18,19). The van der Waals surface area contributed by atoms with Gasteiger partial charge in [0.05, 0.1) is 19.3 Å². The number of ether oxygens (including phenoxy) is 1. The summed E-state index contributed by atoms with van der Waals surface area (Å²) in [7, 11) is 0. The Morgan fingerprint density at radius 1 is 1.27 bits per heavy atom. The molecule has 2 aromatic heterocycles. The predicted octanol–water partition coefficient (Wildman–Crippen LogP) is 0.656. The monoisotopic (exact) mass is 362 g/mol. The molecule has 26 heavy (non-hydrogen) atoms. The van der Waals surface area contributed by atoms with Crippen molar-refractivity contribution in [1.29, 1.82) is 0 Å². The molecule has 2 N–H and O–H groups in total. The largest absolute Gasteiger partial charge is 0.433 e. The third kappa shape index (κ3) is 4.45. The molecule has 0 saturated carbocycles. The molecular weight excluding hydrogens is 344 g/mol. The molecule has 11 heteroatoms. The fourth-order valence-corrected chi connectivity index (χ4v) is 2.41. The van der Waals surface area contributed by atoms with Crippen molar-refractivity contribution in [3.05, 3.63) is 40.4 Å². The number of carbonyl (C=O) groups is 1. The Labute approximate surface area is 148 Å². The van der Waals surface area contributed by atoms with Gasteiger partial charge in [0.25, 0.3) is 5.91 Å². The fraction of sp³-hybridized carbons (Fsp3) is 0.400. The second-order valence-corrected chi connectivity index (χ2v) is 5.44. The number of nitro groups is 1. The molecule has 0 spiro atoms. The molecule has 138 valence electrons. The minimum Gasteiger partial charge on any atom is -0.395 e. The second kappa shape index (κ2) is 8.25. The van der Waals surface area contributed by atoms with E-state index in [0.29, 0.717) is 32.1 Å². The molecule has 11 nitrogen and oxygen atoms in total. The summed E-state index contributed by atoms with van der Waals surface area (Å²) in [5.74, 6) is 0.372. The van der Waals surface area contributed by atoms with Gasteiger partial charge < -0.3 is 24.7 Å². The lowest BCUT2D eigenvalue weighted by Crippen LogP contribution is -2.36. The lowest BCUT2D eigenvalue weighted by atomic mass is 10.4. The van der Waals surface area contributed by atoms with E-state index in [1.807, 2.05) is 6.07 Å². The SMILES string of the molecule is O=C(NCCNc1cc(N2CCOCC2)ncn1)c1ccc([N+](=O)[O-])o1. The van der Waals surface area contributed by atoms with Crippen LogP contribution < -0.4 is 15.5 Å². The Balaban J connectivity index is 1.45. The molecule has 1 amide bonds. The van der Waals surface area contributed by atoms with Crippen LogP contribution in [0.15, 0.2) is 28.9 Å². The molecule has 0 atom stereocenters. The van der Waals surface area contributed by atoms with Gasteiger partial charge in [-0.1, -0.05) is 0 Å². The molecular formula is C15H18N6O5. The first-order chi connectivity index (χ1) is 12.6. The molecule has 3 heterocycles. The van der Waals surface area contributed by atoms with E-state index in [1.165, 1.54) is 12.4 Å². The van der Waals surface area contributed by atoms with Gasteiger partial charge in [0, 0.05) is 32.2 Å². The summed E-state index contributed by atoms with van der Waals surface area (Å²) in [6.07, 6.45) is 1.48. The van der Waals surface area contributed by atoms with Gasteiger partial charge in [0.2, 0.25) is 0 Å². The highest BCUT2D eigenvalue weighted by Crippen LogP contribution is 2.16. The van der Waals surface area contributed by atoms with E-state index in [-0.39, 0.29) is 5.76 Å². The van der Waals surface area contributed by atoms with Crippen molar-refractivity contribution >= 4 is 23.4 Å². The van der Waals surface area contributed by atoms with Crippen LogP contribution in [-0.2, 0) is 4.74 Å². The minimum atomic E-state index is -0.695. The lowest BCUT2D eigenvalue weighted by molar-refractivity contribution is -0.402. The highest BCUT2D eigenvalue weighted by Gasteiger charge is 2.17. The number of carbonyl (C=O) groups excluding carboxylic acids is 1. The Kier molecular flexibility index (Phi) is 5.59. The molecule has 1 fully saturated rings. The van der Waals surface area contributed by atoms with E-state index in [2.05, 4.69) is 25.5 Å². The molecule has 1 saturated heterocycles. The predicted molar refractivity (Wildman–Crippen MR) is 91.2 cm³/mol. The van der Waals surface area contributed by atoms with Crippen molar-refractivity contribution < 1.29 is 18.9 Å². The number of hydrogen-bond donors (Lipinski definition) is 2. The van der Waals surface area contributed by atoms with Gasteiger partial charge in [-0.25, -0.2) is 9.97 Å². The van der Waals surface area contributed by atoms with Gasteiger partial charge in [-0.2, -0.15) is 0 Å². The molecule has 0 unspecified atom stereocenters. The van der Waals surface area contributed by atoms with Crippen LogP contribution in [0.2, 0.25) is 0 Å². The zero-order chi connectivity index (χ0) is 18.4. The zero-order valence-electron chi connectivity index (χ0n) is 13.9. The van der Waals surface area contributed by atoms with Crippen molar-refractivity contribution in [2.24, 2.45) is 0 Å². The number of morpholine rings is 1. The van der Waals surface area contributed by atoms with Crippen LogP contribution in [-0.4, -0.2) is 60.2 Å². The molecule has 2 aromatic rings. The van der Waals surface area contributed by atoms with Crippen LogP contribution in [0.4, 0.5) is 17.5 Å². The summed E-state index contributed by atoms with van der Waals surface area (Å²) in [5, 5.41) is 16.2. The second-order valence-electron chi connectivity index (χ2n) is 5.44. The number of aromatic nitrogens is 2. The molecule has 0 radical (unpaired) electrons. The highest BCUT2D eigenvalue weighted by molar-refractivity contribution is 5.91. The smallest absolute Gasteiger partial charge is 0.395 e. The molecule has 0 aliphatic carbocycles. The average Bonchev–Trinajstić information content (AvgIpc) is 3.17. The maximum atomic E-state index is 11.9. The number of anilines is 2. The summed E-state index contributed by atoms with van der Waals surface area (Å²) in [6.45, 7) is 3.62. The van der Waals surface area contributed by atoms with E-state index in [9.17, 15) is 14.9 Å². The first-order valence-corrected chi connectivity index (χ1v) is 8.04. The highest BCUT2D eigenvalue weighted by atomic mass is 16.6. The van der Waals surface area contributed by atoms with E-state index in [0.717, 1.165) is 25.0 Å². The molecule has 3 rings (SSSR count). The van der Waals surface area contributed by atoms with Gasteiger partial charge in [-0.15, -0.1) is 0 Å². The van der Waals surface area contributed by atoms with Gasteiger partial charge in [-0.05, 0) is 6.07 Å². The normalized spacial score (nSPS) is 14.1. The summed E-state index contributed by atoms with van der Waals surface area (Å²) >= 11 is 0. The maximum absolute atomic E-state index is 11.9. The van der Waals surface area contributed by atoms with Crippen LogP contribution in [0.25, 0.3) is 0 Å². The molecule has 1 aliphatic heterocycles. The van der Waals surface area contributed by atoms with Crippen molar-refractivity contribution in [1.82, 2.24) is 15.3 Å². The number of rotatable bonds is 7. The van der Waals surface area contributed by atoms with E-state index in [1.54, 1.807) is 0 Å². The Morgan fingerprint density at radius 2 is 2.08 bits per heavy atom. The van der Waals surface area contributed by atoms with Gasteiger partial charge in [-0.3, -0.25) is 14.9 Å². The number of nitrogens with one attached hydrogen (secondary N) is 2. The first kappa shape index (κ1) is 17.6. The Bertz CT molecular complexity index is 773. The summed E-state index contributed by atoms with van der Waals surface area (Å²) < 4.78 is 10.2. The maximum Gasteiger partial charge on any atom is 0.433 e. The number of amides is 1. The Hall–Kier alpha value is -3.21. The number of hydrogen-bond acceptors (Lipinski definition) is 9. The first-order valence-electron chi connectivity index (χ1n) is 8.04. The van der Waals surface area contributed by atoms with Crippen LogP contribution >= 0.6 is 0 Å². The van der Waals surface area contributed by atoms with Crippen LogP contribution in [0, 0.1) is 10.1 Å². The zero-order valence-corrected chi connectivity index (χ0v) is 13.9. The van der Waals surface area contributed by atoms with Gasteiger partial charge in [0.1, 0.15) is 22.9 Å². The van der Waals surface area contributed by atoms with Crippen molar-refractivity contribution in [2.45, 2.75) is 0 Å². The minimum absolute atomic E-state index is 0.103. The van der Waals surface area contributed by atoms with Crippen LogP contribution in [0.1, 0.15) is 10.6 Å². The van der Waals surface area contributed by atoms with E-state index < -0.39 is 16.7 Å². The van der Waals surface area contributed by atoms with Crippen LogP contribution in [0.3, 0.4) is 0 Å². The summed E-state index contributed by atoms with van der Waals surface area (Å²) in [4.78, 5) is 32.2. The van der Waals surface area contributed by atoms with Crippen molar-refractivity contribution in [3.8, 4) is 0 Å². The van der Waals surface area contributed by atoms with Gasteiger partial charge >= 0.3 is 5.88 Å². The third-order valence-electron chi connectivity index (χ3n) is 3.70. The van der Waals surface area contributed by atoms with E-state index >= 15 is 0 Å². The van der Waals surface area contributed by atoms with Crippen LogP contribution in [0.5, 0.6) is 0 Å². The van der Waals surface area contributed by atoms with E-state index in [4.69, 9.17) is 9.15 Å². The quantitative estimate of drug-likeness (QED) is 0.413. The van der Waals surface area contributed by atoms with Crippen molar-refractivity contribution in [3.63, 3.8) is 0 Å². The number of nitrogens with zero attached hydrogens (tertiary/aromatic N) is 4. The third-order valence-corrected chi connectivity index (χ3v) is 3.70. The lowest BCUT2D eigenvalue weighted by Gasteiger charge is -2.27.